The number of nitriles is 1. The average Bonchev–Trinajstić information content (AvgIpc) is 3.03. The number of hydrogen-bond donors (Lipinski definition) is 4. The van der Waals surface area contributed by atoms with Crippen LogP contribution in [0.5, 0.6) is 17.2 Å². The van der Waals surface area contributed by atoms with Crippen molar-refractivity contribution in [2.45, 2.75) is 32.7 Å². The number of nitrogens with zero attached hydrogens (tertiary/aromatic N) is 2. The second kappa shape index (κ2) is 15.9. The minimum atomic E-state index is -1.24. The zero-order valence-corrected chi connectivity index (χ0v) is 26.6. The van der Waals surface area contributed by atoms with Gasteiger partial charge in [0.25, 0.3) is 0 Å². The van der Waals surface area contributed by atoms with E-state index in [-0.39, 0.29) is 23.8 Å². The molecule has 1 heterocycles. The van der Waals surface area contributed by atoms with Crippen molar-refractivity contribution >= 4 is 41.4 Å². The van der Waals surface area contributed by atoms with Gasteiger partial charge in [0.15, 0.2) is 17.7 Å². The monoisotopic (exact) mass is 667 g/mol. The summed E-state index contributed by atoms with van der Waals surface area (Å²) in [5, 5.41) is 29.9. The largest absolute Gasteiger partial charge is 0.490 e. The third-order valence-corrected chi connectivity index (χ3v) is 7.15. The molecule has 0 radical (unpaired) electrons. The molecular formula is C32H31Cl2N5O7. The van der Waals surface area contributed by atoms with Crippen LogP contribution in [0.15, 0.2) is 71.0 Å². The van der Waals surface area contributed by atoms with Crippen LogP contribution in [-0.4, -0.2) is 49.9 Å². The van der Waals surface area contributed by atoms with Crippen LogP contribution in [0.4, 0.5) is 4.79 Å². The predicted molar refractivity (Wildman–Crippen MR) is 171 cm³/mol. The molecule has 0 spiro atoms. The third kappa shape index (κ3) is 8.39. The summed E-state index contributed by atoms with van der Waals surface area (Å²) in [7, 11) is 1.26. The topological polar surface area (TPSA) is 164 Å². The van der Waals surface area contributed by atoms with Crippen LogP contribution in [0, 0.1) is 11.3 Å². The van der Waals surface area contributed by atoms with Gasteiger partial charge >= 0.3 is 12.0 Å². The number of carbonyl (C=O) groups is 2. The SMILES string of the molecule is CCOc1cc([C@@H]2NC(=O)NC(C)=C2C(=O)OC)ccc1OC[C@H](O)N/N=C/c1cc(Cl)cc(Cl)c1OCc1ccccc1C#N. The maximum Gasteiger partial charge on any atom is 0.337 e. The van der Waals surface area contributed by atoms with E-state index in [1.807, 2.05) is 0 Å². The third-order valence-electron chi connectivity index (χ3n) is 6.65. The first-order valence-corrected chi connectivity index (χ1v) is 14.7. The number of methoxy groups -OCH3 is 1. The number of urea groups is 1. The van der Waals surface area contributed by atoms with Crippen LogP contribution in [0.1, 0.15) is 42.1 Å². The predicted octanol–water partition coefficient (Wildman–Crippen LogP) is 4.96. The van der Waals surface area contributed by atoms with Crippen LogP contribution in [0.3, 0.4) is 0 Å². The van der Waals surface area contributed by atoms with E-state index in [4.69, 9.17) is 42.1 Å². The number of rotatable bonds is 13. The molecule has 0 aromatic heterocycles. The highest BCUT2D eigenvalue weighted by atomic mass is 35.5. The first kappa shape index (κ1) is 33.9. The molecule has 46 heavy (non-hydrogen) atoms. The van der Waals surface area contributed by atoms with Crippen molar-refractivity contribution < 1.29 is 33.6 Å². The van der Waals surface area contributed by atoms with E-state index in [9.17, 15) is 20.0 Å². The molecule has 12 nitrogen and oxygen atoms in total. The zero-order chi connectivity index (χ0) is 33.2. The molecule has 0 saturated carbocycles. The molecular weight excluding hydrogens is 637 g/mol. The van der Waals surface area contributed by atoms with Crippen molar-refractivity contribution in [3.8, 4) is 23.3 Å². The fourth-order valence-electron chi connectivity index (χ4n) is 4.55. The van der Waals surface area contributed by atoms with E-state index in [1.54, 1.807) is 62.4 Å². The maximum absolute atomic E-state index is 12.5. The number of allylic oxidation sites excluding steroid dienone is 1. The number of ether oxygens (including phenoxy) is 4. The lowest BCUT2D eigenvalue weighted by Crippen LogP contribution is -2.45. The van der Waals surface area contributed by atoms with E-state index in [2.05, 4.69) is 27.2 Å². The molecule has 3 aromatic carbocycles. The Balaban J connectivity index is 1.43. The van der Waals surface area contributed by atoms with Gasteiger partial charge in [-0.05, 0) is 49.7 Å². The standard InChI is InChI=1S/C32H31Cl2N5O7/c1-4-44-26-12-19(29-28(31(41)43-3)18(2)37-32(42)38-29)9-10-25(26)45-17-27(40)39-36-15-22-11-23(33)13-24(34)30(22)46-16-21-8-6-5-7-20(21)14-35/h5-13,15,27,29,39-40H,4,16-17H2,1-3H3,(H2,37,38,42)/b36-15+/t27-,29-/m0/s1. The van der Waals surface area contributed by atoms with E-state index in [0.717, 1.165) is 0 Å². The molecule has 3 aromatic rings. The molecule has 2 atom stereocenters. The summed E-state index contributed by atoms with van der Waals surface area (Å²) < 4.78 is 22.4. The summed E-state index contributed by atoms with van der Waals surface area (Å²) in [5.74, 6) is 0.345. The van der Waals surface area contributed by atoms with Gasteiger partial charge in [0.05, 0.1) is 48.2 Å². The lowest BCUT2D eigenvalue weighted by molar-refractivity contribution is -0.136. The number of hydrazone groups is 1. The van der Waals surface area contributed by atoms with Gasteiger partial charge in [-0.25, -0.2) is 9.59 Å². The van der Waals surface area contributed by atoms with Crippen molar-refractivity contribution in [1.29, 1.82) is 5.26 Å². The van der Waals surface area contributed by atoms with Crippen molar-refractivity contribution in [2.24, 2.45) is 5.10 Å². The Morgan fingerprint density at radius 3 is 2.67 bits per heavy atom. The number of hydrogen-bond acceptors (Lipinski definition) is 10. The number of benzene rings is 3. The Morgan fingerprint density at radius 2 is 1.93 bits per heavy atom. The first-order valence-electron chi connectivity index (χ1n) is 14.0. The fourth-order valence-corrected chi connectivity index (χ4v) is 5.11. The van der Waals surface area contributed by atoms with Gasteiger partial charge in [0.2, 0.25) is 0 Å². The first-order chi connectivity index (χ1) is 22.1. The Bertz CT molecular complexity index is 1710. The highest BCUT2D eigenvalue weighted by molar-refractivity contribution is 6.36. The molecule has 1 aliphatic heterocycles. The minimum Gasteiger partial charge on any atom is -0.490 e. The fraction of sp³-hybridized carbons (Fsp3) is 0.250. The van der Waals surface area contributed by atoms with E-state index < -0.39 is 24.3 Å². The van der Waals surface area contributed by atoms with Gasteiger partial charge in [0, 0.05) is 21.8 Å². The normalized spacial score (nSPS) is 15.0. The molecule has 0 saturated heterocycles. The molecule has 2 amide bonds. The van der Waals surface area contributed by atoms with Crippen LogP contribution < -0.4 is 30.3 Å². The molecule has 4 N–H and O–H groups in total. The van der Waals surface area contributed by atoms with E-state index in [0.29, 0.717) is 56.8 Å². The highest BCUT2D eigenvalue weighted by Crippen LogP contribution is 2.35. The lowest BCUT2D eigenvalue weighted by Gasteiger charge is -2.28. The van der Waals surface area contributed by atoms with Crippen molar-refractivity contribution in [1.82, 2.24) is 16.1 Å². The average molecular weight is 669 g/mol. The molecule has 14 heteroatoms. The van der Waals surface area contributed by atoms with Crippen molar-refractivity contribution in [3.63, 3.8) is 0 Å². The van der Waals surface area contributed by atoms with E-state index >= 15 is 0 Å². The summed E-state index contributed by atoms with van der Waals surface area (Å²) in [5.41, 5.74) is 5.34. The molecule has 240 valence electrons. The summed E-state index contributed by atoms with van der Waals surface area (Å²) in [4.78, 5) is 24.6. The van der Waals surface area contributed by atoms with Gasteiger partial charge in [-0.2, -0.15) is 10.4 Å². The molecule has 0 aliphatic carbocycles. The van der Waals surface area contributed by atoms with Gasteiger partial charge in [-0.15, -0.1) is 0 Å². The van der Waals surface area contributed by atoms with Crippen LogP contribution >= 0.6 is 23.2 Å². The number of nitrogens with one attached hydrogen (secondary N) is 3. The quantitative estimate of drug-likeness (QED) is 0.0853. The molecule has 0 unspecified atom stereocenters. The van der Waals surface area contributed by atoms with Crippen LogP contribution in [0.2, 0.25) is 10.0 Å². The van der Waals surface area contributed by atoms with E-state index in [1.165, 1.54) is 19.4 Å². The Hall–Kier alpha value is -4.96. The number of carbonyl (C=O) groups excluding carboxylic acids is 2. The molecule has 0 fully saturated rings. The second-order valence-electron chi connectivity index (χ2n) is 9.78. The van der Waals surface area contributed by atoms with Gasteiger partial charge in [-0.3, -0.25) is 5.43 Å². The van der Waals surface area contributed by atoms with Crippen molar-refractivity contribution in [3.05, 3.63) is 98.2 Å². The molecule has 1 aliphatic rings. The number of amides is 2. The maximum atomic E-state index is 12.5. The number of aliphatic hydroxyl groups excluding tert-OH is 1. The summed E-state index contributed by atoms with van der Waals surface area (Å²) in [6.45, 7) is 3.57. The van der Waals surface area contributed by atoms with Crippen molar-refractivity contribution in [2.75, 3.05) is 20.3 Å². The van der Waals surface area contributed by atoms with Gasteiger partial charge in [-0.1, -0.05) is 47.5 Å². The lowest BCUT2D eigenvalue weighted by atomic mass is 9.95. The minimum absolute atomic E-state index is 0.0840. The van der Waals surface area contributed by atoms with Gasteiger partial charge < -0.3 is 34.7 Å². The Kier molecular flexibility index (Phi) is 11.7. The second-order valence-corrected chi connectivity index (χ2v) is 10.6. The number of aliphatic hydroxyl groups is 1. The smallest absolute Gasteiger partial charge is 0.337 e. The highest BCUT2D eigenvalue weighted by Gasteiger charge is 2.32. The number of esters is 1. The summed E-state index contributed by atoms with van der Waals surface area (Å²) >= 11 is 12.6. The van der Waals surface area contributed by atoms with Gasteiger partial charge in [0.1, 0.15) is 19.0 Å². The van der Waals surface area contributed by atoms with Crippen LogP contribution in [-0.2, 0) is 16.1 Å². The Morgan fingerprint density at radius 1 is 1.15 bits per heavy atom. The summed E-state index contributed by atoms with van der Waals surface area (Å²) in [6.07, 6.45) is 0.140. The van der Waals surface area contributed by atoms with Crippen LogP contribution in [0.25, 0.3) is 0 Å². The number of halogens is 2. The molecule has 0 bridgehead atoms. The Labute approximate surface area is 275 Å². The molecule has 4 rings (SSSR count). The summed E-state index contributed by atoms with van der Waals surface area (Å²) in [6, 6.07) is 15.9. The zero-order valence-electron chi connectivity index (χ0n) is 25.1.